The lowest BCUT2D eigenvalue weighted by atomic mass is 9.93. The van der Waals surface area contributed by atoms with E-state index in [1.165, 1.54) is 19.3 Å². The molecule has 1 aliphatic rings. The monoisotopic (exact) mass is 194 g/mol. The Bertz CT molecular complexity index is 322. The number of hydrogen-bond donors (Lipinski definition) is 4. The first kappa shape index (κ1) is 9.01. The summed E-state index contributed by atoms with van der Waals surface area (Å²) in [5, 5.41) is 3.27. The first-order chi connectivity index (χ1) is 6.78. The lowest BCUT2D eigenvalue weighted by molar-refractivity contribution is 0.444. The van der Waals surface area contributed by atoms with Crippen LogP contribution in [0.4, 0.5) is 17.6 Å². The van der Waals surface area contributed by atoms with Crippen molar-refractivity contribution < 1.29 is 0 Å². The molecule has 0 amide bonds. The van der Waals surface area contributed by atoms with Gasteiger partial charge in [-0.25, -0.2) is 5.84 Å². The fraction of sp³-hybridized carbons (Fsp3) is 0.500. The molecule has 1 aromatic heterocycles. The number of aromatic nitrogens is 2. The third-order valence-corrected chi connectivity index (χ3v) is 2.35. The van der Waals surface area contributed by atoms with E-state index >= 15 is 0 Å². The van der Waals surface area contributed by atoms with Crippen LogP contribution in [0.3, 0.4) is 0 Å². The standard InChI is InChI=1S/C8H14N6/c9-8-12-6(4-7(13-8)14-10)11-5-2-1-3-5/h4-5H,1-3,10H2,(H4,9,11,12,13,14). The molecule has 0 atom stereocenters. The SMILES string of the molecule is NNc1cc(NC2CCC2)nc(N)n1. The van der Waals surface area contributed by atoms with Crippen LogP contribution >= 0.6 is 0 Å². The Hall–Kier alpha value is -1.56. The number of rotatable bonds is 3. The molecule has 0 aliphatic heterocycles. The predicted molar refractivity (Wildman–Crippen MR) is 55.5 cm³/mol. The van der Waals surface area contributed by atoms with E-state index in [4.69, 9.17) is 11.6 Å². The molecule has 14 heavy (non-hydrogen) atoms. The molecule has 6 nitrogen and oxygen atoms in total. The second-order valence-electron chi connectivity index (χ2n) is 3.41. The van der Waals surface area contributed by atoms with Gasteiger partial charge in [-0.3, -0.25) is 0 Å². The summed E-state index contributed by atoms with van der Waals surface area (Å²) in [5.74, 6) is 6.72. The summed E-state index contributed by atoms with van der Waals surface area (Å²) in [7, 11) is 0. The van der Waals surface area contributed by atoms with Crippen LogP contribution in [0.2, 0.25) is 0 Å². The van der Waals surface area contributed by atoms with Crippen LogP contribution < -0.4 is 22.3 Å². The van der Waals surface area contributed by atoms with Gasteiger partial charge >= 0.3 is 0 Å². The highest BCUT2D eigenvalue weighted by Gasteiger charge is 2.17. The maximum absolute atomic E-state index is 5.51. The minimum Gasteiger partial charge on any atom is -0.368 e. The second-order valence-corrected chi connectivity index (χ2v) is 3.41. The average Bonchev–Trinajstić information content (AvgIpc) is 2.10. The zero-order valence-electron chi connectivity index (χ0n) is 7.83. The van der Waals surface area contributed by atoms with Gasteiger partial charge in [0.15, 0.2) is 0 Å². The highest BCUT2D eigenvalue weighted by atomic mass is 15.3. The van der Waals surface area contributed by atoms with Gasteiger partial charge in [-0.15, -0.1) is 0 Å². The Morgan fingerprint density at radius 2 is 2.00 bits per heavy atom. The summed E-state index contributed by atoms with van der Waals surface area (Å²) >= 11 is 0. The Morgan fingerprint density at radius 1 is 1.29 bits per heavy atom. The van der Waals surface area contributed by atoms with Gasteiger partial charge in [-0.1, -0.05) is 0 Å². The summed E-state index contributed by atoms with van der Waals surface area (Å²) in [5.41, 5.74) is 7.96. The van der Waals surface area contributed by atoms with E-state index in [1.54, 1.807) is 6.07 Å². The Morgan fingerprint density at radius 3 is 2.57 bits per heavy atom. The van der Waals surface area contributed by atoms with E-state index in [1.807, 2.05) is 0 Å². The predicted octanol–water partition coefficient (Wildman–Crippen LogP) is 0.309. The first-order valence-electron chi connectivity index (χ1n) is 4.65. The molecule has 1 heterocycles. The van der Waals surface area contributed by atoms with E-state index in [-0.39, 0.29) is 5.95 Å². The smallest absolute Gasteiger partial charge is 0.223 e. The van der Waals surface area contributed by atoms with Crippen molar-refractivity contribution in [2.45, 2.75) is 25.3 Å². The third-order valence-electron chi connectivity index (χ3n) is 2.35. The van der Waals surface area contributed by atoms with Crippen molar-refractivity contribution in [2.75, 3.05) is 16.5 Å². The van der Waals surface area contributed by atoms with Crippen LogP contribution in [0, 0.1) is 0 Å². The fourth-order valence-corrected chi connectivity index (χ4v) is 1.38. The zero-order valence-corrected chi connectivity index (χ0v) is 7.83. The van der Waals surface area contributed by atoms with Crippen molar-refractivity contribution in [2.24, 2.45) is 5.84 Å². The second kappa shape index (κ2) is 3.67. The quantitative estimate of drug-likeness (QED) is 0.408. The molecule has 0 saturated heterocycles. The van der Waals surface area contributed by atoms with Gasteiger partial charge < -0.3 is 16.5 Å². The average molecular weight is 194 g/mol. The highest BCUT2D eigenvalue weighted by molar-refractivity contribution is 5.50. The van der Waals surface area contributed by atoms with Crippen LogP contribution in [-0.4, -0.2) is 16.0 Å². The number of hydrazine groups is 1. The molecular weight excluding hydrogens is 180 g/mol. The third kappa shape index (κ3) is 1.85. The number of nitrogen functional groups attached to an aromatic ring is 2. The normalized spacial score (nSPS) is 16.1. The van der Waals surface area contributed by atoms with Gasteiger partial charge in [-0.05, 0) is 19.3 Å². The lowest BCUT2D eigenvalue weighted by Gasteiger charge is -2.26. The van der Waals surface area contributed by atoms with Gasteiger partial charge in [0.25, 0.3) is 0 Å². The van der Waals surface area contributed by atoms with Crippen LogP contribution in [0.1, 0.15) is 19.3 Å². The van der Waals surface area contributed by atoms with Crippen molar-refractivity contribution in [1.82, 2.24) is 9.97 Å². The maximum atomic E-state index is 5.51. The zero-order chi connectivity index (χ0) is 9.97. The molecular formula is C8H14N6. The van der Waals surface area contributed by atoms with E-state index in [9.17, 15) is 0 Å². The molecule has 1 saturated carbocycles. The summed E-state index contributed by atoms with van der Waals surface area (Å²) in [6, 6.07) is 2.27. The molecule has 0 bridgehead atoms. The van der Waals surface area contributed by atoms with Crippen molar-refractivity contribution in [3.8, 4) is 0 Å². The Balaban J connectivity index is 2.11. The lowest BCUT2D eigenvalue weighted by Crippen LogP contribution is -2.27. The maximum Gasteiger partial charge on any atom is 0.223 e. The van der Waals surface area contributed by atoms with E-state index in [2.05, 4.69) is 20.7 Å². The van der Waals surface area contributed by atoms with Gasteiger partial charge in [0.1, 0.15) is 11.6 Å². The van der Waals surface area contributed by atoms with Gasteiger partial charge in [0, 0.05) is 12.1 Å². The number of nitrogens with one attached hydrogen (secondary N) is 2. The number of nitrogens with zero attached hydrogens (tertiary/aromatic N) is 2. The van der Waals surface area contributed by atoms with E-state index in [0.717, 1.165) is 5.82 Å². The molecule has 6 N–H and O–H groups in total. The van der Waals surface area contributed by atoms with Crippen LogP contribution in [0.5, 0.6) is 0 Å². The number of anilines is 3. The molecule has 0 radical (unpaired) electrons. The van der Waals surface area contributed by atoms with Crippen molar-refractivity contribution in [3.63, 3.8) is 0 Å². The molecule has 76 valence electrons. The number of nitrogens with two attached hydrogens (primary N) is 2. The molecule has 2 rings (SSSR count). The van der Waals surface area contributed by atoms with Crippen molar-refractivity contribution in [3.05, 3.63) is 6.07 Å². The molecule has 1 fully saturated rings. The minimum atomic E-state index is 0.224. The number of hydrogen-bond acceptors (Lipinski definition) is 6. The molecule has 0 spiro atoms. The van der Waals surface area contributed by atoms with Crippen molar-refractivity contribution >= 4 is 17.6 Å². The summed E-state index contributed by atoms with van der Waals surface area (Å²) in [6.45, 7) is 0. The molecule has 0 unspecified atom stereocenters. The summed E-state index contributed by atoms with van der Waals surface area (Å²) in [4.78, 5) is 7.96. The summed E-state index contributed by atoms with van der Waals surface area (Å²) < 4.78 is 0. The Labute approximate surface area is 82.1 Å². The van der Waals surface area contributed by atoms with Gasteiger partial charge in [0.2, 0.25) is 5.95 Å². The van der Waals surface area contributed by atoms with E-state index < -0.39 is 0 Å². The van der Waals surface area contributed by atoms with Gasteiger partial charge in [0.05, 0.1) is 0 Å². The fourth-order valence-electron chi connectivity index (χ4n) is 1.38. The van der Waals surface area contributed by atoms with Crippen LogP contribution in [0.25, 0.3) is 0 Å². The molecule has 1 aromatic rings. The van der Waals surface area contributed by atoms with Gasteiger partial charge in [-0.2, -0.15) is 9.97 Å². The van der Waals surface area contributed by atoms with Crippen molar-refractivity contribution in [1.29, 1.82) is 0 Å². The van der Waals surface area contributed by atoms with E-state index in [0.29, 0.717) is 11.9 Å². The minimum absolute atomic E-state index is 0.224. The molecule has 0 aromatic carbocycles. The topological polar surface area (TPSA) is 102 Å². The highest BCUT2D eigenvalue weighted by Crippen LogP contribution is 2.23. The molecule has 1 aliphatic carbocycles. The molecule has 6 heteroatoms. The first-order valence-corrected chi connectivity index (χ1v) is 4.65. The van der Waals surface area contributed by atoms with Crippen LogP contribution in [0.15, 0.2) is 6.07 Å². The van der Waals surface area contributed by atoms with Crippen LogP contribution in [-0.2, 0) is 0 Å². The summed E-state index contributed by atoms with van der Waals surface area (Å²) in [6.07, 6.45) is 3.66. The Kier molecular flexibility index (Phi) is 2.36. The largest absolute Gasteiger partial charge is 0.368 e.